The fourth-order valence-corrected chi connectivity index (χ4v) is 0.406. The maximum Gasteiger partial charge on any atom is 0.232 e. The van der Waals surface area contributed by atoms with Gasteiger partial charge in [-0.3, -0.25) is 4.84 Å². The summed E-state index contributed by atoms with van der Waals surface area (Å²) in [7, 11) is -0.520. The highest BCUT2D eigenvalue weighted by atomic mass is 32.2. The minimum Gasteiger partial charge on any atom is -0.288 e. The van der Waals surface area contributed by atoms with Gasteiger partial charge in [0, 0.05) is 7.05 Å². The number of hydroxylamine groups is 1. The van der Waals surface area contributed by atoms with Crippen LogP contribution in [-0.2, 0) is 14.9 Å². The van der Waals surface area contributed by atoms with Crippen molar-refractivity contribution < 1.29 is 13.3 Å². The van der Waals surface area contributed by atoms with Crippen molar-refractivity contribution >= 4 is 10.0 Å². The largest absolute Gasteiger partial charge is 0.288 e. The van der Waals surface area contributed by atoms with E-state index in [1.807, 2.05) is 0 Å². The summed E-state index contributed by atoms with van der Waals surface area (Å²) < 4.78 is 21.5. The van der Waals surface area contributed by atoms with Gasteiger partial charge in [-0.1, -0.05) is 4.47 Å². The molecule has 0 aliphatic heterocycles. The summed E-state index contributed by atoms with van der Waals surface area (Å²) in [6.45, 7) is 0. The standard InChI is InChI=1S/C3H9NO3S/c1-4(7-2)8(3,5)6/h1-3H3. The Hall–Kier alpha value is -0.130. The fraction of sp³-hybridized carbons (Fsp3) is 1.00. The average Bonchev–Trinajstić information content (AvgIpc) is 1.62. The van der Waals surface area contributed by atoms with E-state index < -0.39 is 10.0 Å². The molecule has 4 nitrogen and oxygen atoms in total. The summed E-state index contributed by atoms with van der Waals surface area (Å²) in [5.41, 5.74) is 0. The van der Waals surface area contributed by atoms with Crippen LogP contribution in [0.1, 0.15) is 0 Å². The first-order valence-corrected chi connectivity index (χ1v) is 3.81. The predicted molar refractivity (Wildman–Crippen MR) is 29.6 cm³/mol. The van der Waals surface area contributed by atoms with Crippen LogP contribution in [0.2, 0.25) is 0 Å². The van der Waals surface area contributed by atoms with Crippen molar-refractivity contribution in [3.05, 3.63) is 0 Å². The monoisotopic (exact) mass is 139 g/mol. The third kappa shape index (κ3) is 2.25. The van der Waals surface area contributed by atoms with Crippen molar-refractivity contribution in [3.63, 3.8) is 0 Å². The molecule has 5 heteroatoms. The van der Waals surface area contributed by atoms with Gasteiger partial charge in [0.2, 0.25) is 10.0 Å². The van der Waals surface area contributed by atoms with Crippen LogP contribution < -0.4 is 0 Å². The van der Waals surface area contributed by atoms with Gasteiger partial charge in [0.25, 0.3) is 0 Å². The van der Waals surface area contributed by atoms with E-state index in [9.17, 15) is 8.42 Å². The molecule has 0 unspecified atom stereocenters. The van der Waals surface area contributed by atoms with Gasteiger partial charge in [0.15, 0.2) is 0 Å². The molecule has 0 aliphatic carbocycles. The molecule has 0 atom stereocenters. The maximum absolute atomic E-state index is 10.4. The summed E-state index contributed by atoms with van der Waals surface area (Å²) in [6.07, 6.45) is 1.07. The minimum absolute atomic E-state index is 0.785. The molecule has 0 amide bonds. The number of sulfonamides is 1. The fourth-order valence-electron chi connectivity index (χ4n) is 0.135. The zero-order chi connectivity index (χ0) is 6.78. The van der Waals surface area contributed by atoms with E-state index in [4.69, 9.17) is 0 Å². The van der Waals surface area contributed by atoms with Crippen molar-refractivity contribution in [2.24, 2.45) is 0 Å². The second-order valence-corrected chi connectivity index (χ2v) is 3.34. The molecule has 0 aromatic heterocycles. The van der Waals surface area contributed by atoms with Crippen LogP contribution >= 0.6 is 0 Å². The maximum atomic E-state index is 10.4. The van der Waals surface area contributed by atoms with Gasteiger partial charge in [-0.25, -0.2) is 8.42 Å². The molecule has 0 heterocycles. The van der Waals surface area contributed by atoms with Gasteiger partial charge in [0.1, 0.15) is 0 Å². The Bertz CT molecular complexity index is 150. The third-order valence-electron chi connectivity index (χ3n) is 0.724. The van der Waals surface area contributed by atoms with Crippen LogP contribution in [0.25, 0.3) is 0 Å². The second kappa shape index (κ2) is 2.43. The smallest absolute Gasteiger partial charge is 0.232 e. The first-order chi connectivity index (χ1) is 3.48. The van der Waals surface area contributed by atoms with Crippen molar-refractivity contribution in [1.82, 2.24) is 4.47 Å². The lowest BCUT2D eigenvalue weighted by Crippen LogP contribution is -2.23. The van der Waals surface area contributed by atoms with Crippen LogP contribution in [-0.4, -0.2) is 33.3 Å². The van der Waals surface area contributed by atoms with Crippen molar-refractivity contribution in [2.75, 3.05) is 20.4 Å². The topological polar surface area (TPSA) is 46.6 Å². The molecule has 0 aromatic carbocycles. The van der Waals surface area contributed by atoms with Crippen LogP contribution in [0.5, 0.6) is 0 Å². The first-order valence-electron chi connectivity index (χ1n) is 1.96. The Morgan fingerprint density at radius 1 is 1.50 bits per heavy atom. The quantitative estimate of drug-likeness (QED) is 0.482. The summed E-state index contributed by atoms with van der Waals surface area (Å²) >= 11 is 0. The van der Waals surface area contributed by atoms with Crippen LogP contribution in [0.3, 0.4) is 0 Å². The van der Waals surface area contributed by atoms with E-state index in [1.54, 1.807) is 0 Å². The first kappa shape index (κ1) is 7.87. The van der Waals surface area contributed by atoms with Crippen molar-refractivity contribution in [2.45, 2.75) is 0 Å². The van der Waals surface area contributed by atoms with Crippen LogP contribution in [0, 0.1) is 0 Å². The molecular weight excluding hydrogens is 130 g/mol. The zero-order valence-electron chi connectivity index (χ0n) is 5.08. The van der Waals surface area contributed by atoms with E-state index in [0.717, 1.165) is 10.7 Å². The second-order valence-electron chi connectivity index (χ2n) is 1.36. The number of hydrogen-bond donors (Lipinski definition) is 0. The molecule has 0 fully saturated rings. The molecule has 0 aromatic rings. The lowest BCUT2D eigenvalue weighted by atomic mass is 11.5. The molecule has 0 aliphatic rings. The molecule has 0 N–H and O–H groups in total. The van der Waals surface area contributed by atoms with Gasteiger partial charge in [-0.2, -0.15) is 0 Å². The molecule has 0 saturated carbocycles. The molecule has 0 spiro atoms. The SMILES string of the molecule is CON(C)S(C)(=O)=O. The predicted octanol–water partition coefficient (Wildman–Crippen LogP) is -0.561. The van der Waals surface area contributed by atoms with E-state index in [2.05, 4.69) is 4.84 Å². The van der Waals surface area contributed by atoms with E-state index in [1.165, 1.54) is 14.2 Å². The van der Waals surface area contributed by atoms with E-state index >= 15 is 0 Å². The molecule has 0 bridgehead atoms. The van der Waals surface area contributed by atoms with Crippen molar-refractivity contribution in [1.29, 1.82) is 0 Å². The zero-order valence-corrected chi connectivity index (χ0v) is 5.90. The Labute approximate surface area is 49.1 Å². The highest BCUT2D eigenvalue weighted by Crippen LogP contribution is 1.89. The molecule has 0 rings (SSSR count). The summed E-state index contributed by atoms with van der Waals surface area (Å²) in [6, 6.07) is 0. The number of nitrogens with zero attached hydrogens (tertiary/aromatic N) is 1. The summed E-state index contributed by atoms with van der Waals surface area (Å²) in [5, 5.41) is 0. The van der Waals surface area contributed by atoms with Gasteiger partial charge < -0.3 is 0 Å². The van der Waals surface area contributed by atoms with Gasteiger partial charge in [0.05, 0.1) is 13.4 Å². The van der Waals surface area contributed by atoms with Crippen molar-refractivity contribution in [3.8, 4) is 0 Å². The minimum atomic E-state index is -3.14. The Morgan fingerprint density at radius 3 is 1.88 bits per heavy atom. The highest BCUT2D eigenvalue weighted by Gasteiger charge is 2.07. The third-order valence-corrected chi connectivity index (χ3v) is 1.81. The summed E-state index contributed by atoms with van der Waals surface area (Å²) in [4.78, 5) is 4.36. The highest BCUT2D eigenvalue weighted by molar-refractivity contribution is 7.88. The van der Waals surface area contributed by atoms with Gasteiger partial charge in [-0.15, -0.1) is 0 Å². The number of hydrogen-bond acceptors (Lipinski definition) is 3. The van der Waals surface area contributed by atoms with Crippen LogP contribution in [0.4, 0.5) is 0 Å². The molecule has 8 heavy (non-hydrogen) atoms. The Kier molecular flexibility index (Phi) is 2.39. The molecule has 0 radical (unpaired) electrons. The lowest BCUT2D eigenvalue weighted by Gasteiger charge is -2.08. The number of rotatable bonds is 2. The molecule has 0 saturated heterocycles. The van der Waals surface area contributed by atoms with E-state index in [-0.39, 0.29) is 0 Å². The Balaban J connectivity index is 4.04. The van der Waals surface area contributed by atoms with E-state index in [0.29, 0.717) is 0 Å². The average molecular weight is 139 g/mol. The van der Waals surface area contributed by atoms with Gasteiger partial charge in [-0.05, 0) is 0 Å². The molecule has 50 valence electrons. The summed E-state index contributed by atoms with van der Waals surface area (Å²) in [5.74, 6) is 0. The van der Waals surface area contributed by atoms with Gasteiger partial charge >= 0.3 is 0 Å². The Morgan fingerprint density at radius 2 is 1.88 bits per heavy atom. The van der Waals surface area contributed by atoms with Crippen LogP contribution in [0.15, 0.2) is 0 Å². The lowest BCUT2D eigenvalue weighted by molar-refractivity contribution is -0.0251. The molecular formula is C3H9NO3S. The normalized spacial score (nSPS) is 12.5.